The second-order valence-corrected chi connectivity index (χ2v) is 2.09. The summed E-state index contributed by atoms with van der Waals surface area (Å²) >= 11 is 6.21. The predicted octanol–water partition coefficient (Wildman–Crippen LogP) is 2.61. The number of halogens is 2. The molecule has 0 rings (SSSR count). The van der Waals surface area contributed by atoms with E-state index in [-0.39, 0.29) is 0 Å². The van der Waals surface area contributed by atoms with E-state index in [0.29, 0.717) is 6.61 Å². The monoisotopic (exact) mass is 228 g/mol. The van der Waals surface area contributed by atoms with Crippen molar-refractivity contribution in [3.8, 4) is 0 Å². The summed E-state index contributed by atoms with van der Waals surface area (Å²) in [5, 5.41) is 0. The van der Waals surface area contributed by atoms with Crippen molar-refractivity contribution < 1.29 is 4.74 Å². The van der Waals surface area contributed by atoms with Gasteiger partial charge in [0.1, 0.15) is 0 Å². The lowest BCUT2D eigenvalue weighted by atomic mass is 10.9. The molecule has 0 bridgehead atoms. The molecule has 0 atom stereocenters. The smallest absolute Gasteiger partial charge is 0.168 e. The maximum atomic E-state index is 4.92. The Morgan fingerprint density at radius 3 is 2.57 bits per heavy atom. The van der Waals surface area contributed by atoms with Crippen LogP contribution in [0.3, 0.4) is 0 Å². The zero-order chi connectivity index (χ0) is 5.70. The van der Waals surface area contributed by atoms with Crippen molar-refractivity contribution >= 4 is 31.9 Å². The predicted molar refractivity (Wildman–Crippen MR) is 37.6 cm³/mol. The first-order chi connectivity index (χ1) is 3.31. The highest BCUT2D eigenvalue weighted by molar-refractivity contribution is 9.13. The van der Waals surface area contributed by atoms with Gasteiger partial charge in [-0.1, -0.05) is 15.9 Å². The first-order valence-electron chi connectivity index (χ1n) is 1.90. The number of rotatable bonds is 2. The van der Waals surface area contributed by atoms with E-state index < -0.39 is 0 Å². The maximum absolute atomic E-state index is 4.92. The van der Waals surface area contributed by atoms with Gasteiger partial charge in [0.2, 0.25) is 0 Å². The lowest BCUT2D eigenvalue weighted by Gasteiger charge is -1.95. The van der Waals surface area contributed by atoms with Crippen LogP contribution >= 0.6 is 31.9 Å². The van der Waals surface area contributed by atoms with Crippen LogP contribution in [0.15, 0.2) is 9.65 Å². The van der Waals surface area contributed by atoms with Gasteiger partial charge in [-0.2, -0.15) is 0 Å². The van der Waals surface area contributed by atoms with Gasteiger partial charge < -0.3 is 4.74 Å². The summed E-state index contributed by atoms with van der Waals surface area (Å²) in [6, 6.07) is 0. The molecule has 0 aromatic carbocycles. The summed E-state index contributed by atoms with van der Waals surface area (Å²) in [5.74, 6) is 0. The lowest BCUT2D eigenvalue weighted by Crippen LogP contribution is -1.79. The third kappa shape index (κ3) is 4.35. The Morgan fingerprint density at radius 2 is 2.43 bits per heavy atom. The van der Waals surface area contributed by atoms with Gasteiger partial charge in [0.05, 0.1) is 6.61 Å². The summed E-state index contributed by atoms with van der Waals surface area (Å²) in [6.07, 6.45) is 0. The molecule has 0 aromatic rings. The SMILES string of the molecule is CCOC(Br)=CBr. The normalized spacial score (nSPS) is 11.6. The van der Waals surface area contributed by atoms with Crippen LogP contribution in [0.1, 0.15) is 6.92 Å². The Balaban J connectivity index is 3.17. The molecule has 0 heterocycles. The van der Waals surface area contributed by atoms with Crippen molar-refractivity contribution in [2.75, 3.05) is 6.61 Å². The molecule has 0 radical (unpaired) electrons. The summed E-state index contributed by atoms with van der Waals surface area (Å²) in [7, 11) is 0. The van der Waals surface area contributed by atoms with Gasteiger partial charge in [-0.05, 0) is 22.9 Å². The van der Waals surface area contributed by atoms with E-state index in [1.807, 2.05) is 6.92 Å². The first kappa shape index (κ1) is 7.50. The van der Waals surface area contributed by atoms with Crippen LogP contribution in [0.4, 0.5) is 0 Å². The molecular weight excluding hydrogens is 224 g/mol. The van der Waals surface area contributed by atoms with E-state index in [2.05, 4.69) is 31.9 Å². The van der Waals surface area contributed by atoms with Crippen molar-refractivity contribution in [1.82, 2.24) is 0 Å². The van der Waals surface area contributed by atoms with Crippen LogP contribution in [-0.4, -0.2) is 6.61 Å². The van der Waals surface area contributed by atoms with E-state index in [1.165, 1.54) is 0 Å². The van der Waals surface area contributed by atoms with Crippen LogP contribution < -0.4 is 0 Å². The standard InChI is InChI=1S/C4H6Br2O/c1-2-7-4(6)3-5/h3H,2H2,1H3. The van der Waals surface area contributed by atoms with Crippen LogP contribution in [0.25, 0.3) is 0 Å². The minimum atomic E-state index is 0.697. The van der Waals surface area contributed by atoms with E-state index in [1.54, 1.807) is 4.99 Å². The van der Waals surface area contributed by atoms with Gasteiger partial charge in [0, 0.05) is 4.99 Å². The highest BCUT2D eigenvalue weighted by atomic mass is 79.9. The molecule has 1 nitrogen and oxygen atoms in total. The minimum Gasteiger partial charge on any atom is -0.487 e. The van der Waals surface area contributed by atoms with Crippen molar-refractivity contribution in [2.45, 2.75) is 6.92 Å². The molecule has 0 N–H and O–H groups in total. The van der Waals surface area contributed by atoms with Crippen LogP contribution in [0.2, 0.25) is 0 Å². The Hall–Kier alpha value is 0.500. The average molecular weight is 230 g/mol. The lowest BCUT2D eigenvalue weighted by molar-refractivity contribution is 0.261. The third-order valence-corrected chi connectivity index (χ3v) is 1.86. The molecule has 0 fully saturated rings. The number of ether oxygens (including phenoxy) is 1. The summed E-state index contributed by atoms with van der Waals surface area (Å²) < 4.78 is 5.65. The highest BCUT2D eigenvalue weighted by Crippen LogP contribution is 2.07. The average Bonchev–Trinajstić information content (AvgIpc) is 1.68. The Labute approximate surface area is 60.0 Å². The summed E-state index contributed by atoms with van der Waals surface area (Å²) in [6.45, 7) is 2.63. The van der Waals surface area contributed by atoms with E-state index in [9.17, 15) is 0 Å². The second-order valence-electron chi connectivity index (χ2n) is 0.846. The molecule has 0 spiro atoms. The molecule has 0 amide bonds. The van der Waals surface area contributed by atoms with Gasteiger partial charge in [0.25, 0.3) is 0 Å². The van der Waals surface area contributed by atoms with Crippen molar-refractivity contribution in [3.05, 3.63) is 9.65 Å². The van der Waals surface area contributed by atoms with Crippen LogP contribution in [0.5, 0.6) is 0 Å². The van der Waals surface area contributed by atoms with Crippen molar-refractivity contribution in [3.63, 3.8) is 0 Å². The quantitative estimate of drug-likeness (QED) is 0.662. The third-order valence-electron chi connectivity index (χ3n) is 0.368. The fourth-order valence-electron chi connectivity index (χ4n) is 0.169. The fourth-order valence-corrected chi connectivity index (χ4v) is 0.530. The molecule has 0 aliphatic carbocycles. The Bertz CT molecular complexity index is 70.1. The second kappa shape index (κ2) is 4.65. The van der Waals surface area contributed by atoms with E-state index >= 15 is 0 Å². The van der Waals surface area contributed by atoms with E-state index in [0.717, 1.165) is 4.67 Å². The molecule has 7 heavy (non-hydrogen) atoms. The topological polar surface area (TPSA) is 9.23 Å². The fraction of sp³-hybridized carbons (Fsp3) is 0.500. The first-order valence-corrected chi connectivity index (χ1v) is 3.60. The highest BCUT2D eigenvalue weighted by Gasteiger charge is 1.81. The Kier molecular flexibility index (Phi) is 4.99. The molecule has 0 saturated heterocycles. The van der Waals surface area contributed by atoms with Crippen molar-refractivity contribution in [2.24, 2.45) is 0 Å². The molecular formula is C4H6Br2O. The maximum Gasteiger partial charge on any atom is 0.168 e. The molecule has 0 unspecified atom stereocenters. The molecule has 42 valence electrons. The molecule has 0 aliphatic rings. The zero-order valence-corrected chi connectivity index (χ0v) is 7.12. The summed E-state index contributed by atoms with van der Waals surface area (Å²) in [4.78, 5) is 1.68. The van der Waals surface area contributed by atoms with Gasteiger partial charge in [-0.15, -0.1) is 0 Å². The van der Waals surface area contributed by atoms with Crippen LogP contribution in [-0.2, 0) is 4.74 Å². The van der Waals surface area contributed by atoms with E-state index in [4.69, 9.17) is 4.74 Å². The van der Waals surface area contributed by atoms with Gasteiger partial charge in [-0.25, -0.2) is 0 Å². The Morgan fingerprint density at radius 1 is 1.86 bits per heavy atom. The van der Waals surface area contributed by atoms with Gasteiger partial charge >= 0.3 is 0 Å². The minimum absolute atomic E-state index is 0.697. The largest absolute Gasteiger partial charge is 0.487 e. The van der Waals surface area contributed by atoms with Gasteiger partial charge in [0.15, 0.2) is 4.67 Å². The van der Waals surface area contributed by atoms with Gasteiger partial charge in [-0.3, -0.25) is 0 Å². The summed E-state index contributed by atoms with van der Waals surface area (Å²) in [5.41, 5.74) is 0. The van der Waals surface area contributed by atoms with Crippen molar-refractivity contribution in [1.29, 1.82) is 0 Å². The molecule has 0 aromatic heterocycles. The number of hydrogen-bond donors (Lipinski definition) is 0. The number of hydrogen-bond acceptors (Lipinski definition) is 1. The zero-order valence-electron chi connectivity index (χ0n) is 3.95. The molecule has 0 aliphatic heterocycles. The van der Waals surface area contributed by atoms with Crippen LogP contribution in [0, 0.1) is 0 Å². The molecule has 0 saturated carbocycles. The molecule has 3 heteroatoms.